The number of ether oxygens (including phenoxy) is 1. The van der Waals surface area contributed by atoms with Gasteiger partial charge in [0, 0.05) is 32.1 Å². The molecule has 0 bridgehead atoms. The van der Waals surface area contributed by atoms with E-state index in [1.807, 2.05) is 18.2 Å². The van der Waals surface area contributed by atoms with Gasteiger partial charge >= 0.3 is 0 Å². The van der Waals surface area contributed by atoms with Crippen LogP contribution in [0.15, 0.2) is 72.8 Å². The molecule has 0 saturated carbocycles. The van der Waals surface area contributed by atoms with Crippen molar-refractivity contribution in [1.82, 2.24) is 4.90 Å². The summed E-state index contributed by atoms with van der Waals surface area (Å²) in [6.07, 6.45) is 1.82. The normalized spacial score (nSPS) is 15.1. The van der Waals surface area contributed by atoms with Crippen molar-refractivity contribution in [2.45, 2.75) is 25.5 Å². The highest BCUT2D eigenvalue weighted by molar-refractivity contribution is 6.30. The second-order valence-electron chi connectivity index (χ2n) is 7.18. The minimum absolute atomic E-state index is 0.0805. The van der Waals surface area contributed by atoms with E-state index in [9.17, 15) is 4.39 Å². The average molecular weight is 396 g/mol. The van der Waals surface area contributed by atoms with E-state index in [1.54, 1.807) is 12.1 Å². The standard InChI is InChI=1S/C24H23ClFNO/c25-22-16-21(10-11-23(22)26)28-24(19-7-2-1-3-8-19)13-15-27-14-12-18-6-4-5-9-20(18)17-27/h1-11,16,24H,12-15,17H2. The first-order chi connectivity index (χ1) is 13.7. The van der Waals surface area contributed by atoms with Crippen LogP contribution in [0.25, 0.3) is 0 Å². The molecular weight excluding hydrogens is 373 g/mol. The Labute approximate surface area is 170 Å². The average Bonchev–Trinajstić information content (AvgIpc) is 2.74. The lowest BCUT2D eigenvalue weighted by molar-refractivity contribution is 0.157. The van der Waals surface area contributed by atoms with E-state index >= 15 is 0 Å². The van der Waals surface area contributed by atoms with Crippen LogP contribution in [0.2, 0.25) is 5.02 Å². The maximum Gasteiger partial charge on any atom is 0.142 e. The number of halogens is 2. The van der Waals surface area contributed by atoms with Crippen LogP contribution in [-0.2, 0) is 13.0 Å². The Balaban J connectivity index is 1.46. The van der Waals surface area contributed by atoms with Crippen LogP contribution >= 0.6 is 11.6 Å². The smallest absolute Gasteiger partial charge is 0.142 e. The lowest BCUT2D eigenvalue weighted by Gasteiger charge is -2.30. The first kappa shape index (κ1) is 19.0. The molecule has 0 N–H and O–H groups in total. The number of fused-ring (bicyclic) bond motifs is 1. The Morgan fingerprint density at radius 1 is 0.964 bits per heavy atom. The second kappa shape index (κ2) is 8.76. The van der Waals surface area contributed by atoms with Crippen molar-refractivity contribution < 1.29 is 9.13 Å². The summed E-state index contributed by atoms with van der Waals surface area (Å²) in [5.41, 5.74) is 3.98. The molecule has 0 aromatic heterocycles. The van der Waals surface area contributed by atoms with Gasteiger partial charge in [0.25, 0.3) is 0 Å². The van der Waals surface area contributed by atoms with Gasteiger partial charge in [0.2, 0.25) is 0 Å². The van der Waals surface area contributed by atoms with Crippen LogP contribution < -0.4 is 4.74 Å². The van der Waals surface area contributed by atoms with Crippen molar-refractivity contribution in [2.24, 2.45) is 0 Å². The topological polar surface area (TPSA) is 12.5 Å². The van der Waals surface area contributed by atoms with Crippen molar-refractivity contribution in [1.29, 1.82) is 0 Å². The van der Waals surface area contributed by atoms with Gasteiger partial charge in [0.1, 0.15) is 17.7 Å². The summed E-state index contributed by atoms with van der Waals surface area (Å²) in [7, 11) is 0. The number of hydrogen-bond donors (Lipinski definition) is 0. The molecule has 1 heterocycles. The monoisotopic (exact) mass is 395 g/mol. The third-order valence-corrected chi connectivity index (χ3v) is 5.55. The van der Waals surface area contributed by atoms with Crippen molar-refractivity contribution >= 4 is 11.6 Å². The molecule has 1 unspecified atom stereocenters. The Kier molecular flexibility index (Phi) is 5.94. The van der Waals surface area contributed by atoms with Crippen molar-refractivity contribution in [3.05, 3.63) is 100 Å². The zero-order chi connectivity index (χ0) is 19.3. The maximum atomic E-state index is 13.5. The highest BCUT2D eigenvalue weighted by Gasteiger charge is 2.19. The summed E-state index contributed by atoms with van der Waals surface area (Å²) in [5, 5.41) is 0.0805. The van der Waals surface area contributed by atoms with Crippen LogP contribution in [0.5, 0.6) is 5.75 Å². The molecule has 0 amide bonds. The minimum atomic E-state index is -0.433. The molecule has 0 aliphatic carbocycles. The molecule has 4 rings (SSSR count). The Hall–Kier alpha value is -2.36. The van der Waals surface area contributed by atoms with Gasteiger partial charge in [-0.15, -0.1) is 0 Å². The van der Waals surface area contributed by atoms with Crippen molar-refractivity contribution in [3.63, 3.8) is 0 Å². The maximum absolute atomic E-state index is 13.5. The van der Waals surface area contributed by atoms with E-state index in [0.717, 1.165) is 38.0 Å². The van der Waals surface area contributed by atoms with E-state index in [0.29, 0.717) is 5.75 Å². The fourth-order valence-electron chi connectivity index (χ4n) is 3.72. The van der Waals surface area contributed by atoms with Crippen molar-refractivity contribution in [2.75, 3.05) is 13.1 Å². The van der Waals surface area contributed by atoms with Crippen LogP contribution in [-0.4, -0.2) is 18.0 Å². The molecular formula is C24H23ClFNO. The van der Waals surface area contributed by atoms with Gasteiger partial charge < -0.3 is 4.74 Å². The summed E-state index contributed by atoms with van der Waals surface area (Å²) in [4.78, 5) is 2.47. The Bertz CT molecular complexity index is 931. The fraction of sp³-hybridized carbons (Fsp3) is 0.250. The van der Waals surface area contributed by atoms with Gasteiger partial charge in [0.05, 0.1) is 5.02 Å². The second-order valence-corrected chi connectivity index (χ2v) is 7.58. The molecule has 0 radical (unpaired) electrons. The lowest BCUT2D eigenvalue weighted by atomic mass is 9.99. The van der Waals surface area contributed by atoms with Gasteiger partial charge in [-0.1, -0.05) is 66.2 Å². The summed E-state index contributed by atoms with van der Waals surface area (Å²) in [6, 6.07) is 23.4. The van der Waals surface area contributed by atoms with E-state index in [1.165, 1.54) is 17.2 Å². The minimum Gasteiger partial charge on any atom is -0.486 e. The predicted molar refractivity (Wildman–Crippen MR) is 111 cm³/mol. The van der Waals surface area contributed by atoms with Gasteiger partial charge in [-0.3, -0.25) is 4.90 Å². The summed E-state index contributed by atoms with van der Waals surface area (Å²) >= 11 is 5.93. The third kappa shape index (κ3) is 4.54. The van der Waals surface area contributed by atoms with Crippen LogP contribution in [0, 0.1) is 5.82 Å². The highest BCUT2D eigenvalue weighted by atomic mass is 35.5. The molecule has 0 fully saturated rings. The van der Waals surface area contributed by atoms with Crippen LogP contribution in [0.4, 0.5) is 4.39 Å². The summed E-state index contributed by atoms with van der Waals surface area (Å²) < 4.78 is 19.7. The van der Waals surface area contributed by atoms with Crippen LogP contribution in [0.1, 0.15) is 29.2 Å². The molecule has 0 saturated heterocycles. The zero-order valence-electron chi connectivity index (χ0n) is 15.7. The number of benzene rings is 3. The first-order valence-corrected chi connectivity index (χ1v) is 10.0. The SMILES string of the molecule is Fc1ccc(OC(CCN2CCc3ccccc3C2)c2ccccc2)cc1Cl. The van der Waals surface area contributed by atoms with E-state index in [-0.39, 0.29) is 11.1 Å². The van der Waals surface area contributed by atoms with Gasteiger partial charge in [-0.05, 0) is 35.2 Å². The molecule has 1 atom stereocenters. The highest BCUT2D eigenvalue weighted by Crippen LogP contribution is 2.29. The summed E-state index contributed by atoms with van der Waals surface area (Å²) in [6.45, 7) is 2.96. The molecule has 0 spiro atoms. The summed E-state index contributed by atoms with van der Waals surface area (Å²) in [5.74, 6) is 0.154. The van der Waals surface area contributed by atoms with Crippen LogP contribution in [0.3, 0.4) is 0 Å². The number of hydrogen-bond acceptors (Lipinski definition) is 2. The van der Waals surface area contributed by atoms with E-state index < -0.39 is 5.82 Å². The molecule has 3 aromatic rings. The lowest BCUT2D eigenvalue weighted by Crippen LogP contribution is -2.32. The number of nitrogens with zero attached hydrogens (tertiary/aromatic N) is 1. The first-order valence-electron chi connectivity index (χ1n) is 9.65. The molecule has 1 aliphatic heterocycles. The number of rotatable bonds is 6. The van der Waals surface area contributed by atoms with Gasteiger partial charge in [-0.25, -0.2) is 4.39 Å². The van der Waals surface area contributed by atoms with Gasteiger partial charge in [-0.2, -0.15) is 0 Å². The molecule has 3 aromatic carbocycles. The van der Waals surface area contributed by atoms with E-state index in [2.05, 4.69) is 41.3 Å². The van der Waals surface area contributed by atoms with Crippen molar-refractivity contribution in [3.8, 4) is 5.75 Å². The fourth-order valence-corrected chi connectivity index (χ4v) is 3.89. The quantitative estimate of drug-likeness (QED) is 0.504. The largest absolute Gasteiger partial charge is 0.486 e. The molecule has 28 heavy (non-hydrogen) atoms. The molecule has 1 aliphatic rings. The Morgan fingerprint density at radius 3 is 2.50 bits per heavy atom. The third-order valence-electron chi connectivity index (χ3n) is 5.26. The molecule has 2 nitrogen and oxygen atoms in total. The Morgan fingerprint density at radius 2 is 1.71 bits per heavy atom. The zero-order valence-corrected chi connectivity index (χ0v) is 16.4. The molecule has 4 heteroatoms. The van der Waals surface area contributed by atoms with Gasteiger partial charge in [0.15, 0.2) is 0 Å². The molecule has 144 valence electrons. The van der Waals surface area contributed by atoms with E-state index in [4.69, 9.17) is 16.3 Å². The predicted octanol–water partition coefficient (Wildman–Crippen LogP) is 6.05.